The summed E-state index contributed by atoms with van der Waals surface area (Å²) in [5.41, 5.74) is -0.481. The smallest absolute Gasteiger partial charge is 0.0774 e. The van der Waals surface area contributed by atoms with Gasteiger partial charge < -0.3 is 15.2 Å². The van der Waals surface area contributed by atoms with E-state index in [1.54, 1.807) is 7.11 Å². The van der Waals surface area contributed by atoms with Gasteiger partial charge >= 0.3 is 0 Å². The molecular formula is C14H29NO2. The Kier molecular flexibility index (Phi) is 6.45. The second-order valence-corrected chi connectivity index (χ2v) is 5.99. The van der Waals surface area contributed by atoms with Crippen LogP contribution in [0.1, 0.15) is 46.0 Å². The van der Waals surface area contributed by atoms with E-state index >= 15 is 0 Å². The van der Waals surface area contributed by atoms with Crippen molar-refractivity contribution in [3.05, 3.63) is 0 Å². The Hall–Kier alpha value is -0.120. The van der Waals surface area contributed by atoms with Crippen LogP contribution in [0.25, 0.3) is 0 Å². The van der Waals surface area contributed by atoms with Gasteiger partial charge in [0.1, 0.15) is 0 Å². The van der Waals surface area contributed by atoms with Gasteiger partial charge in [-0.05, 0) is 31.1 Å². The molecule has 102 valence electrons. The van der Waals surface area contributed by atoms with Crippen LogP contribution in [0.3, 0.4) is 0 Å². The van der Waals surface area contributed by atoms with Crippen LogP contribution in [0.5, 0.6) is 0 Å². The first-order valence-corrected chi connectivity index (χ1v) is 6.98. The molecule has 0 aliphatic heterocycles. The Morgan fingerprint density at radius 3 is 2.88 bits per heavy atom. The molecule has 0 amide bonds. The molecule has 2 N–H and O–H groups in total. The van der Waals surface area contributed by atoms with Gasteiger partial charge in [-0.2, -0.15) is 0 Å². The number of methoxy groups -OCH3 is 1. The molecule has 2 unspecified atom stereocenters. The summed E-state index contributed by atoms with van der Waals surface area (Å²) in [5.74, 6) is 1.45. The van der Waals surface area contributed by atoms with E-state index in [2.05, 4.69) is 19.2 Å². The third-order valence-electron chi connectivity index (χ3n) is 3.66. The van der Waals surface area contributed by atoms with Crippen LogP contribution in [-0.2, 0) is 4.74 Å². The van der Waals surface area contributed by atoms with E-state index in [9.17, 15) is 5.11 Å². The maximum atomic E-state index is 10.6. The largest absolute Gasteiger partial charge is 0.389 e. The van der Waals surface area contributed by atoms with E-state index in [4.69, 9.17) is 4.74 Å². The standard InChI is InChI=1S/C14H29NO2/c1-12(2)9-13-5-4-6-14(16,10-13)11-15-7-8-17-3/h12-13,15-16H,4-11H2,1-3H3. The molecule has 3 nitrogen and oxygen atoms in total. The fourth-order valence-corrected chi connectivity index (χ4v) is 2.98. The molecular weight excluding hydrogens is 214 g/mol. The highest BCUT2D eigenvalue weighted by Gasteiger charge is 2.33. The maximum absolute atomic E-state index is 10.6. The van der Waals surface area contributed by atoms with Gasteiger partial charge in [-0.3, -0.25) is 0 Å². The predicted molar refractivity (Wildman–Crippen MR) is 71.1 cm³/mol. The Morgan fingerprint density at radius 1 is 1.47 bits per heavy atom. The monoisotopic (exact) mass is 243 g/mol. The van der Waals surface area contributed by atoms with Crippen LogP contribution < -0.4 is 5.32 Å². The molecule has 0 radical (unpaired) electrons. The minimum atomic E-state index is -0.481. The first-order valence-electron chi connectivity index (χ1n) is 6.98. The van der Waals surface area contributed by atoms with Gasteiger partial charge in [0.15, 0.2) is 0 Å². The van der Waals surface area contributed by atoms with Crippen LogP contribution in [0, 0.1) is 11.8 Å². The molecule has 0 heterocycles. The fourth-order valence-electron chi connectivity index (χ4n) is 2.98. The molecule has 0 saturated heterocycles. The third kappa shape index (κ3) is 5.84. The van der Waals surface area contributed by atoms with Crippen LogP contribution >= 0.6 is 0 Å². The molecule has 1 aliphatic rings. The van der Waals surface area contributed by atoms with E-state index in [1.807, 2.05) is 0 Å². The minimum Gasteiger partial charge on any atom is -0.389 e. The van der Waals surface area contributed by atoms with E-state index in [0.29, 0.717) is 19.1 Å². The van der Waals surface area contributed by atoms with E-state index in [-0.39, 0.29) is 0 Å². The lowest BCUT2D eigenvalue weighted by Crippen LogP contribution is -2.45. The minimum absolute atomic E-state index is 0.481. The summed E-state index contributed by atoms with van der Waals surface area (Å²) in [4.78, 5) is 0. The molecule has 2 atom stereocenters. The van der Waals surface area contributed by atoms with Crippen LogP contribution in [0.4, 0.5) is 0 Å². The first-order chi connectivity index (χ1) is 8.06. The normalized spacial score (nSPS) is 29.8. The Balaban J connectivity index is 2.29. The molecule has 0 aromatic rings. The van der Waals surface area contributed by atoms with Gasteiger partial charge in [0.05, 0.1) is 12.2 Å². The number of rotatable bonds is 7. The lowest BCUT2D eigenvalue weighted by Gasteiger charge is -2.37. The quantitative estimate of drug-likeness (QED) is 0.674. The van der Waals surface area contributed by atoms with Gasteiger partial charge in [-0.1, -0.05) is 26.7 Å². The molecule has 17 heavy (non-hydrogen) atoms. The number of aliphatic hydroxyl groups is 1. The van der Waals surface area contributed by atoms with Crippen molar-refractivity contribution in [2.24, 2.45) is 11.8 Å². The van der Waals surface area contributed by atoms with Crippen molar-refractivity contribution in [2.75, 3.05) is 26.8 Å². The Morgan fingerprint density at radius 2 is 2.24 bits per heavy atom. The van der Waals surface area contributed by atoms with Crippen LogP contribution in [0.15, 0.2) is 0 Å². The average Bonchev–Trinajstić information content (AvgIpc) is 2.23. The molecule has 0 aromatic heterocycles. The fraction of sp³-hybridized carbons (Fsp3) is 1.00. The molecule has 0 aromatic carbocycles. The van der Waals surface area contributed by atoms with Crippen molar-refractivity contribution in [3.63, 3.8) is 0 Å². The van der Waals surface area contributed by atoms with Crippen molar-refractivity contribution in [1.29, 1.82) is 0 Å². The Bertz CT molecular complexity index is 208. The van der Waals surface area contributed by atoms with Crippen molar-refractivity contribution < 1.29 is 9.84 Å². The molecule has 0 bridgehead atoms. The van der Waals surface area contributed by atoms with Crippen LogP contribution in [0.2, 0.25) is 0 Å². The highest BCUT2D eigenvalue weighted by atomic mass is 16.5. The summed E-state index contributed by atoms with van der Waals surface area (Å²) in [6.07, 6.45) is 5.62. The van der Waals surface area contributed by atoms with Gasteiger partial charge in [-0.15, -0.1) is 0 Å². The zero-order chi connectivity index (χ0) is 12.7. The van der Waals surface area contributed by atoms with Crippen LogP contribution in [-0.4, -0.2) is 37.5 Å². The van der Waals surface area contributed by atoms with Crippen molar-refractivity contribution in [2.45, 2.75) is 51.6 Å². The SMILES string of the molecule is COCCNCC1(O)CCCC(CC(C)C)C1. The second-order valence-electron chi connectivity index (χ2n) is 5.99. The molecule has 0 spiro atoms. The summed E-state index contributed by atoms with van der Waals surface area (Å²) in [6, 6.07) is 0. The average molecular weight is 243 g/mol. The topological polar surface area (TPSA) is 41.5 Å². The van der Waals surface area contributed by atoms with Gasteiger partial charge in [0.25, 0.3) is 0 Å². The first kappa shape index (κ1) is 14.9. The highest BCUT2D eigenvalue weighted by Crippen LogP contribution is 2.35. The van der Waals surface area contributed by atoms with Gasteiger partial charge in [0.2, 0.25) is 0 Å². The summed E-state index contributed by atoms with van der Waals surface area (Å²) < 4.78 is 4.99. The highest BCUT2D eigenvalue weighted by molar-refractivity contribution is 4.88. The summed E-state index contributed by atoms with van der Waals surface area (Å²) in [6.45, 7) is 6.79. The lowest BCUT2D eigenvalue weighted by molar-refractivity contribution is -0.0188. The number of nitrogens with one attached hydrogen (secondary N) is 1. The van der Waals surface area contributed by atoms with E-state index in [0.717, 1.165) is 25.3 Å². The molecule has 1 saturated carbocycles. The lowest BCUT2D eigenvalue weighted by atomic mass is 9.75. The maximum Gasteiger partial charge on any atom is 0.0774 e. The van der Waals surface area contributed by atoms with Gasteiger partial charge in [-0.25, -0.2) is 0 Å². The van der Waals surface area contributed by atoms with E-state index in [1.165, 1.54) is 19.3 Å². The predicted octanol–water partition coefficient (Wildman–Crippen LogP) is 2.19. The molecule has 1 rings (SSSR count). The third-order valence-corrected chi connectivity index (χ3v) is 3.66. The number of ether oxygens (including phenoxy) is 1. The van der Waals surface area contributed by atoms with Crippen molar-refractivity contribution >= 4 is 0 Å². The second kappa shape index (κ2) is 7.34. The molecule has 1 fully saturated rings. The zero-order valence-corrected chi connectivity index (χ0v) is 11.7. The van der Waals surface area contributed by atoms with Gasteiger partial charge in [0, 0.05) is 20.2 Å². The van der Waals surface area contributed by atoms with Crippen molar-refractivity contribution in [1.82, 2.24) is 5.32 Å². The van der Waals surface area contributed by atoms with E-state index < -0.39 is 5.60 Å². The molecule has 1 aliphatic carbocycles. The molecule has 3 heteroatoms. The summed E-state index contributed by atoms with van der Waals surface area (Å²) >= 11 is 0. The number of hydrogen-bond acceptors (Lipinski definition) is 3. The zero-order valence-electron chi connectivity index (χ0n) is 11.7. The number of hydrogen-bond donors (Lipinski definition) is 2. The Labute approximate surface area is 106 Å². The summed E-state index contributed by atoms with van der Waals surface area (Å²) in [5, 5.41) is 13.8. The summed E-state index contributed by atoms with van der Waals surface area (Å²) in [7, 11) is 1.70. The van der Waals surface area contributed by atoms with Crippen molar-refractivity contribution in [3.8, 4) is 0 Å².